The summed E-state index contributed by atoms with van der Waals surface area (Å²) in [4.78, 5) is 10.4. The van der Waals surface area contributed by atoms with Gasteiger partial charge in [0, 0.05) is 5.56 Å². The number of carboxylic acid groups (broad SMARTS) is 1. The minimum absolute atomic E-state index is 0.194. The fourth-order valence-electron chi connectivity index (χ4n) is 1.13. The number of halogens is 1. The van der Waals surface area contributed by atoms with E-state index < -0.39 is 6.09 Å². The molecule has 76 valence electrons. The van der Waals surface area contributed by atoms with Crippen molar-refractivity contribution in [1.29, 1.82) is 0 Å². The topological polar surface area (TPSA) is 58.6 Å². The van der Waals surface area contributed by atoms with Crippen LogP contribution in [0.1, 0.15) is 5.56 Å². The van der Waals surface area contributed by atoms with Gasteiger partial charge < -0.3 is 9.84 Å². The molecule has 1 aromatic carbocycles. The predicted molar refractivity (Wildman–Crippen MR) is 54.2 cm³/mol. The van der Waals surface area contributed by atoms with Crippen LogP contribution in [0.15, 0.2) is 18.2 Å². The average Bonchev–Trinajstić information content (AvgIpc) is 2.16. The quantitative estimate of drug-likeness (QED) is 0.762. The van der Waals surface area contributed by atoms with E-state index in [1.54, 1.807) is 18.2 Å². The van der Waals surface area contributed by atoms with E-state index in [1.807, 2.05) is 0 Å². The first-order valence-electron chi connectivity index (χ1n) is 3.90. The highest BCUT2D eigenvalue weighted by molar-refractivity contribution is 6.17. The van der Waals surface area contributed by atoms with Crippen molar-refractivity contribution in [3.05, 3.63) is 23.8 Å². The molecule has 0 fully saturated rings. The number of benzene rings is 1. The first-order chi connectivity index (χ1) is 6.69. The molecule has 0 spiro atoms. The average molecular weight is 216 g/mol. The van der Waals surface area contributed by atoms with E-state index in [-0.39, 0.29) is 5.88 Å². The normalized spacial score (nSPS) is 9.57. The molecule has 2 N–H and O–H groups in total. The summed E-state index contributed by atoms with van der Waals surface area (Å²) in [6.07, 6.45) is -1.12. The van der Waals surface area contributed by atoms with Gasteiger partial charge in [0.2, 0.25) is 0 Å². The van der Waals surface area contributed by atoms with Crippen LogP contribution in [0.5, 0.6) is 5.75 Å². The summed E-state index contributed by atoms with van der Waals surface area (Å²) in [7, 11) is 1.51. The molecule has 14 heavy (non-hydrogen) atoms. The summed E-state index contributed by atoms with van der Waals surface area (Å²) >= 11 is 5.69. The molecule has 0 saturated carbocycles. The van der Waals surface area contributed by atoms with Crippen LogP contribution >= 0.6 is 11.6 Å². The fourth-order valence-corrected chi connectivity index (χ4v) is 1.40. The van der Waals surface area contributed by atoms with Crippen LogP contribution in [0, 0.1) is 0 Å². The predicted octanol–water partition coefficient (Wildman–Crippen LogP) is 2.52. The zero-order valence-electron chi connectivity index (χ0n) is 7.58. The van der Waals surface area contributed by atoms with Crippen LogP contribution in [-0.2, 0) is 5.88 Å². The second-order valence-electron chi connectivity index (χ2n) is 2.55. The van der Waals surface area contributed by atoms with Gasteiger partial charge in [0.1, 0.15) is 5.75 Å². The zero-order chi connectivity index (χ0) is 10.6. The van der Waals surface area contributed by atoms with Gasteiger partial charge in [0.25, 0.3) is 0 Å². The van der Waals surface area contributed by atoms with Crippen LogP contribution in [0.2, 0.25) is 0 Å². The van der Waals surface area contributed by atoms with Crippen molar-refractivity contribution < 1.29 is 14.6 Å². The maximum Gasteiger partial charge on any atom is 0.409 e. The third-order valence-electron chi connectivity index (χ3n) is 1.73. The highest BCUT2D eigenvalue weighted by Gasteiger charge is 2.09. The van der Waals surface area contributed by atoms with Gasteiger partial charge >= 0.3 is 6.09 Å². The Morgan fingerprint density at radius 1 is 1.64 bits per heavy atom. The molecule has 0 unspecified atom stereocenters. The zero-order valence-corrected chi connectivity index (χ0v) is 8.34. The minimum Gasteiger partial charge on any atom is -0.496 e. The number of rotatable bonds is 3. The fraction of sp³-hybridized carbons (Fsp3) is 0.222. The van der Waals surface area contributed by atoms with Gasteiger partial charge in [-0.3, -0.25) is 5.32 Å². The Morgan fingerprint density at radius 2 is 2.36 bits per heavy atom. The van der Waals surface area contributed by atoms with E-state index in [9.17, 15) is 4.79 Å². The molecule has 0 aromatic heterocycles. The number of alkyl halides is 1. The van der Waals surface area contributed by atoms with Gasteiger partial charge in [-0.2, -0.15) is 0 Å². The number of ether oxygens (including phenoxy) is 1. The Hall–Kier alpha value is -1.42. The van der Waals surface area contributed by atoms with E-state index in [0.29, 0.717) is 17.0 Å². The largest absolute Gasteiger partial charge is 0.496 e. The minimum atomic E-state index is -1.12. The Kier molecular flexibility index (Phi) is 3.59. The molecular formula is C9H10ClNO3. The lowest BCUT2D eigenvalue weighted by Gasteiger charge is -2.10. The molecule has 4 nitrogen and oxygen atoms in total. The van der Waals surface area contributed by atoms with E-state index in [2.05, 4.69) is 5.32 Å². The van der Waals surface area contributed by atoms with Gasteiger partial charge in [0.05, 0.1) is 18.7 Å². The molecule has 0 saturated heterocycles. The number of carbonyl (C=O) groups is 1. The van der Waals surface area contributed by atoms with Crippen molar-refractivity contribution in [2.75, 3.05) is 12.4 Å². The van der Waals surface area contributed by atoms with Gasteiger partial charge in [-0.05, 0) is 12.1 Å². The van der Waals surface area contributed by atoms with Gasteiger partial charge in [0.15, 0.2) is 0 Å². The number of nitrogens with one attached hydrogen (secondary N) is 1. The van der Waals surface area contributed by atoms with Crippen molar-refractivity contribution in [2.24, 2.45) is 0 Å². The summed E-state index contributed by atoms with van der Waals surface area (Å²) in [5.41, 5.74) is 1.09. The van der Waals surface area contributed by atoms with Crippen molar-refractivity contribution in [2.45, 2.75) is 5.88 Å². The summed E-state index contributed by atoms with van der Waals surface area (Å²) in [6, 6.07) is 5.05. The van der Waals surface area contributed by atoms with Crippen molar-refractivity contribution >= 4 is 23.4 Å². The highest BCUT2D eigenvalue weighted by atomic mass is 35.5. The van der Waals surface area contributed by atoms with Crippen LogP contribution < -0.4 is 10.1 Å². The third-order valence-corrected chi connectivity index (χ3v) is 2.00. The molecule has 1 rings (SSSR count). The second kappa shape index (κ2) is 4.72. The second-order valence-corrected chi connectivity index (χ2v) is 2.82. The molecule has 1 aromatic rings. The third kappa shape index (κ3) is 2.29. The summed E-state index contributed by atoms with van der Waals surface area (Å²) in [5.74, 6) is 0.769. The molecule has 0 bridgehead atoms. The Bertz CT molecular complexity index is 341. The number of anilines is 1. The molecule has 0 atom stereocenters. The van der Waals surface area contributed by atoms with Crippen molar-refractivity contribution in [3.63, 3.8) is 0 Å². The van der Waals surface area contributed by atoms with Crippen molar-refractivity contribution in [1.82, 2.24) is 0 Å². The summed E-state index contributed by atoms with van der Waals surface area (Å²) in [5, 5.41) is 10.8. The first-order valence-corrected chi connectivity index (χ1v) is 4.44. The van der Waals surface area contributed by atoms with Gasteiger partial charge in [-0.15, -0.1) is 11.6 Å². The van der Waals surface area contributed by atoms with Crippen LogP contribution in [0.4, 0.5) is 10.5 Å². The Labute approximate surface area is 86.4 Å². The lowest BCUT2D eigenvalue weighted by atomic mass is 10.2. The Morgan fingerprint density at radius 3 is 2.86 bits per heavy atom. The molecule has 1 amide bonds. The van der Waals surface area contributed by atoms with E-state index in [4.69, 9.17) is 21.4 Å². The van der Waals surface area contributed by atoms with E-state index in [1.165, 1.54) is 7.11 Å². The van der Waals surface area contributed by atoms with Crippen LogP contribution in [0.3, 0.4) is 0 Å². The monoisotopic (exact) mass is 215 g/mol. The molecule has 0 aliphatic rings. The number of methoxy groups -OCH3 is 1. The lowest BCUT2D eigenvalue weighted by Crippen LogP contribution is -2.09. The lowest BCUT2D eigenvalue weighted by molar-refractivity contribution is 0.209. The van der Waals surface area contributed by atoms with Crippen LogP contribution in [-0.4, -0.2) is 18.3 Å². The van der Waals surface area contributed by atoms with Gasteiger partial charge in [-0.25, -0.2) is 4.79 Å². The van der Waals surface area contributed by atoms with E-state index in [0.717, 1.165) is 0 Å². The smallest absolute Gasteiger partial charge is 0.409 e. The Balaban J connectivity index is 3.08. The first kappa shape index (κ1) is 10.7. The van der Waals surface area contributed by atoms with Crippen molar-refractivity contribution in [3.8, 4) is 5.75 Å². The number of hydrogen-bond acceptors (Lipinski definition) is 2. The molecular weight excluding hydrogens is 206 g/mol. The van der Waals surface area contributed by atoms with E-state index >= 15 is 0 Å². The summed E-state index contributed by atoms with van der Waals surface area (Å²) in [6.45, 7) is 0. The maximum atomic E-state index is 10.4. The van der Waals surface area contributed by atoms with Gasteiger partial charge in [-0.1, -0.05) is 6.07 Å². The molecule has 0 aliphatic carbocycles. The molecule has 0 aliphatic heterocycles. The standard InChI is InChI=1S/C9H10ClNO3/c1-14-8-4-2-3-7(6(8)5-10)11-9(12)13/h2-4,11H,5H2,1H3,(H,12,13). The molecule has 5 heteroatoms. The highest BCUT2D eigenvalue weighted by Crippen LogP contribution is 2.27. The maximum absolute atomic E-state index is 10.4. The van der Waals surface area contributed by atoms with Crippen LogP contribution in [0.25, 0.3) is 0 Å². The molecule has 0 heterocycles. The molecule has 0 radical (unpaired) electrons. The summed E-state index contributed by atoms with van der Waals surface area (Å²) < 4.78 is 5.04. The number of hydrogen-bond donors (Lipinski definition) is 2. The number of amides is 1. The SMILES string of the molecule is COc1cccc(NC(=O)O)c1CCl.